The van der Waals surface area contributed by atoms with Gasteiger partial charge in [-0.25, -0.2) is 13.1 Å². The number of sulfonamides is 1. The Kier molecular flexibility index (Phi) is 6.58. The highest BCUT2D eigenvalue weighted by atomic mass is 35.5. The fourth-order valence-electron chi connectivity index (χ4n) is 2.49. The molecule has 7 heteroatoms. The predicted octanol–water partition coefficient (Wildman–Crippen LogP) is 3.20. The van der Waals surface area contributed by atoms with Crippen molar-refractivity contribution in [1.82, 2.24) is 10.0 Å². The normalized spacial score (nSPS) is 13.9. The third-order valence-corrected chi connectivity index (χ3v) is 4.66. The Balaban J connectivity index is 2.10. The van der Waals surface area contributed by atoms with E-state index in [4.69, 9.17) is 11.6 Å². The molecule has 0 saturated heterocycles. The number of carbonyl (C=O) groups excluding carboxylic acids is 1. The van der Waals surface area contributed by atoms with E-state index in [2.05, 4.69) is 10.0 Å². The van der Waals surface area contributed by atoms with Gasteiger partial charge in [-0.2, -0.15) is 0 Å². The number of nitrogens with one attached hydrogen (secondary N) is 2. The summed E-state index contributed by atoms with van der Waals surface area (Å²) in [5, 5.41) is 3.44. The van der Waals surface area contributed by atoms with Crippen LogP contribution in [-0.2, 0) is 14.8 Å². The van der Waals surface area contributed by atoms with Gasteiger partial charge in [0.1, 0.15) is 0 Å². The molecule has 0 heterocycles. The third kappa shape index (κ3) is 6.49. The number of carbonyl (C=O) groups is 1. The van der Waals surface area contributed by atoms with E-state index >= 15 is 0 Å². The van der Waals surface area contributed by atoms with Crippen LogP contribution in [0.2, 0.25) is 5.02 Å². The van der Waals surface area contributed by atoms with Crippen LogP contribution in [-0.4, -0.2) is 20.6 Å². The third-order valence-electron chi connectivity index (χ3n) is 3.70. The topological polar surface area (TPSA) is 75.3 Å². The number of amides is 1. The molecule has 0 fully saturated rings. The van der Waals surface area contributed by atoms with Crippen LogP contribution in [0.25, 0.3) is 0 Å². The van der Waals surface area contributed by atoms with Crippen molar-refractivity contribution < 1.29 is 13.2 Å². The number of benzene rings is 2. The van der Waals surface area contributed by atoms with Crippen molar-refractivity contribution in [2.45, 2.75) is 25.4 Å². The van der Waals surface area contributed by atoms with E-state index in [0.717, 1.165) is 11.8 Å². The summed E-state index contributed by atoms with van der Waals surface area (Å²) in [6.07, 6.45) is 1.06. The smallest absolute Gasteiger partial charge is 0.222 e. The molecule has 0 aromatic heterocycles. The Labute approximate surface area is 153 Å². The molecule has 134 valence electrons. The molecule has 2 N–H and O–H groups in total. The second-order valence-corrected chi connectivity index (χ2v) is 8.11. The van der Waals surface area contributed by atoms with Crippen LogP contribution < -0.4 is 10.0 Å². The van der Waals surface area contributed by atoms with Crippen LogP contribution in [0.5, 0.6) is 0 Å². The molecule has 2 aromatic rings. The molecule has 25 heavy (non-hydrogen) atoms. The Bertz CT molecular complexity index is 808. The fraction of sp³-hybridized carbons (Fsp3) is 0.278. The van der Waals surface area contributed by atoms with Crippen molar-refractivity contribution >= 4 is 27.5 Å². The van der Waals surface area contributed by atoms with Gasteiger partial charge < -0.3 is 5.32 Å². The van der Waals surface area contributed by atoms with Gasteiger partial charge >= 0.3 is 0 Å². The van der Waals surface area contributed by atoms with Crippen LogP contribution >= 0.6 is 11.6 Å². The molecule has 0 aliphatic heterocycles. The van der Waals surface area contributed by atoms with Crippen LogP contribution in [0.4, 0.5) is 0 Å². The molecule has 0 aliphatic carbocycles. The highest BCUT2D eigenvalue weighted by Crippen LogP contribution is 2.21. The summed E-state index contributed by atoms with van der Waals surface area (Å²) in [5.74, 6) is -0.243. The number of rotatable bonds is 7. The average molecular weight is 381 g/mol. The fourth-order valence-corrected chi connectivity index (χ4v) is 3.35. The molecule has 5 nitrogen and oxygen atoms in total. The van der Waals surface area contributed by atoms with Gasteiger partial charge in [0.2, 0.25) is 15.9 Å². The lowest BCUT2D eigenvalue weighted by molar-refractivity contribution is -0.122. The summed E-state index contributed by atoms with van der Waals surface area (Å²) in [6.45, 7) is 1.88. The molecule has 0 unspecified atom stereocenters. The van der Waals surface area contributed by atoms with Crippen molar-refractivity contribution in [3.05, 3.63) is 70.7 Å². The highest BCUT2D eigenvalue weighted by Gasteiger charge is 2.21. The molecular weight excluding hydrogens is 360 g/mol. The maximum Gasteiger partial charge on any atom is 0.222 e. The summed E-state index contributed by atoms with van der Waals surface area (Å²) in [7, 11) is -3.47. The highest BCUT2D eigenvalue weighted by molar-refractivity contribution is 7.88. The average Bonchev–Trinajstić information content (AvgIpc) is 2.54. The quantitative estimate of drug-likeness (QED) is 0.774. The minimum Gasteiger partial charge on any atom is -0.350 e. The largest absolute Gasteiger partial charge is 0.350 e. The van der Waals surface area contributed by atoms with Crippen LogP contribution in [0.1, 0.15) is 36.6 Å². The molecule has 2 aromatic carbocycles. The van der Waals surface area contributed by atoms with Crippen LogP contribution in [0.15, 0.2) is 54.6 Å². The standard InChI is InChI=1S/C18H21ClN2O3S/c1-13(14-6-4-3-5-7-14)20-18(22)12-17(21-25(2,23)24)15-8-10-16(19)11-9-15/h3-11,13,17,21H,12H2,1-2H3,(H,20,22)/t13-,17+/m0/s1. The molecule has 0 bridgehead atoms. The monoisotopic (exact) mass is 380 g/mol. The second kappa shape index (κ2) is 8.47. The van der Waals surface area contributed by atoms with Gasteiger partial charge in [-0.1, -0.05) is 54.1 Å². The van der Waals surface area contributed by atoms with E-state index in [9.17, 15) is 13.2 Å². The minimum atomic E-state index is -3.47. The van der Waals surface area contributed by atoms with Crippen molar-refractivity contribution in [3.63, 3.8) is 0 Å². The molecule has 0 radical (unpaired) electrons. The van der Waals surface area contributed by atoms with Crippen molar-refractivity contribution in [1.29, 1.82) is 0 Å². The Hall–Kier alpha value is -1.89. The zero-order valence-electron chi connectivity index (χ0n) is 14.1. The number of hydrogen-bond acceptors (Lipinski definition) is 3. The molecule has 0 saturated carbocycles. The summed E-state index contributed by atoms with van der Waals surface area (Å²) in [6, 6.07) is 15.5. The first-order chi connectivity index (χ1) is 11.7. The molecule has 0 spiro atoms. The SMILES string of the molecule is C[C@H](NC(=O)C[C@@H](NS(C)(=O)=O)c1ccc(Cl)cc1)c1ccccc1. The molecular formula is C18H21ClN2O3S. The summed E-state index contributed by atoms with van der Waals surface area (Å²) >= 11 is 5.87. The van der Waals surface area contributed by atoms with E-state index in [1.807, 2.05) is 37.3 Å². The Morgan fingerprint density at radius 1 is 1.04 bits per heavy atom. The maximum absolute atomic E-state index is 12.4. The number of hydrogen-bond donors (Lipinski definition) is 2. The van der Waals surface area contributed by atoms with E-state index in [1.54, 1.807) is 24.3 Å². The molecule has 1 amide bonds. The molecule has 2 rings (SSSR count). The van der Waals surface area contributed by atoms with Crippen LogP contribution in [0, 0.1) is 0 Å². The van der Waals surface area contributed by atoms with Crippen molar-refractivity contribution in [3.8, 4) is 0 Å². The van der Waals surface area contributed by atoms with Crippen molar-refractivity contribution in [2.24, 2.45) is 0 Å². The lowest BCUT2D eigenvalue weighted by atomic mass is 10.0. The zero-order valence-corrected chi connectivity index (χ0v) is 15.6. The first-order valence-corrected chi connectivity index (χ1v) is 10.1. The van der Waals surface area contributed by atoms with Gasteiger partial charge in [-0.15, -0.1) is 0 Å². The first-order valence-electron chi connectivity index (χ1n) is 7.81. The van der Waals surface area contributed by atoms with E-state index < -0.39 is 16.1 Å². The van der Waals surface area contributed by atoms with Crippen LogP contribution in [0.3, 0.4) is 0 Å². The van der Waals surface area contributed by atoms with Gasteiger partial charge in [0.05, 0.1) is 18.3 Å². The zero-order chi connectivity index (χ0) is 18.4. The predicted molar refractivity (Wildman–Crippen MR) is 99.8 cm³/mol. The minimum absolute atomic E-state index is 0.00806. The van der Waals surface area contributed by atoms with E-state index in [0.29, 0.717) is 10.6 Å². The van der Waals surface area contributed by atoms with Gasteiger partial charge in [0, 0.05) is 11.4 Å². The van der Waals surface area contributed by atoms with Gasteiger partial charge in [-0.3, -0.25) is 4.79 Å². The number of halogens is 1. The van der Waals surface area contributed by atoms with Crippen molar-refractivity contribution in [2.75, 3.05) is 6.26 Å². The van der Waals surface area contributed by atoms with Gasteiger partial charge in [0.15, 0.2) is 0 Å². The lowest BCUT2D eigenvalue weighted by Gasteiger charge is -2.20. The van der Waals surface area contributed by atoms with E-state index in [1.165, 1.54) is 0 Å². The summed E-state index contributed by atoms with van der Waals surface area (Å²) < 4.78 is 25.8. The van der Waals surface area contributed by atoms with E-state index in [-0.39, 0.29) is 18.4 Å². The first kappa shape index (κ1) is 19.4. The molecule has 2 atom stereocenters. The summed E-state index contributed by atoms with van der Waals surface area (Å²) in [5.41, 5.74) is 1.66. The lowest BCUT2D eigenvalue weighted by Crippen LogP contribution is -2.34. The maximum atomic E-state index is 12.4. The van der Waals surface area contributed by atoms with Gasteiger partial charge in [-0.05, 0) is 30.2 Å². The summed E-state index contributed by atoms with van der Waals surface area (Å²) in [4.78, 5) is 12.4. The van der Waals surface area contributed by atoms with Gasteiger partial charge in [0.25, 0.3) is 0 Å². The second-order valence-electron chi connectivity index (χ2n) is 5.90. The molecule has 0 aliphatic rings. The Morgan fingerprint density at radius 3 is 2.20 bits per heavy atom. The Morgan fingerprint density at radius 2 is 1.64 bits per heavy atom.